The van der Waals surface area contributed by atoms with Gasteiger partial charge in [-0.3, -0.25) is 0 Å². The molecule has 1 fully saturated rings. The molecule has 0 aromatic carbocycles. The highest BCUT2D eigenvalue weighted by molar-refractivity contribution is 6.29. The van der Waals surface area contributed by atoms with Crippen LogP contribution in [0.2, 0.25) is 5.15 Å². The number of hydrogen-bond donors (Lipinski definition) is 0. The highest BCUT2D eigenvalue weighted by atomic mass is 35.5. The molecule has 1 aromatic heterocycles. The van der Waals surface area contributed by atoms with Gasteiger partial charge in [0.2, 0.25) is 0 Å². The fraction of sp³-hybridized carbons (Fsp3) is 0.500. The van der Waals surface area contributed by atoms with E-state index in [9.17, 15) is 8.78 Å². The number of hydrogen-bond acceptors (Lipinski definition) is 4. The van der Waals surface area contributed by atoms with Crippen molar-refractivity contribution in [2.24, 2.45) is 0 Å². The van der Waals surface area contributed by atoms with Crippen LogP contribution in [0.4, 0.5) is 14.6 Å². The molecule has 0 amide bonds. The highest BCUT2D eigenvalue weighted by Crippen LogP contribution is 2.31. The summed E-state index contributed by atoms with van der Waals surface area (Å²) < 4.78 is 30.0. The maximum absolute atomic E-state index is 12.6. The lowest BCUT2D eigenvalue weighted by Crippen LogP contribution is -2.56. The van der Waals surface area contributed by atoms with Gasteiger partial charge in [0, 0.05) is 6.07 Å². The third kappa shape index (κ3) is 2.09. The maximum atomic E-state index is 12.6. The quantitative estimate of drug-likeness (QED) is 0.730. The van der Waals surface area contributed by atoms with Gasteiger partial charge in [0.1, 0.15) is 11.0 Å². The van der Waals surface area contributed by atoms with Gasteiger partial charge in [-0.2, -0.15) is 9.97 Å². The second kappa shape index (κ2) is 3.44. The molecule has 1 saturated heterocycles. The van der Waals surface area contributed by atoms with Crippen LogP contribution in [0.15, 0.2) is 6.07 Å². The van der Waals surface area contributed by atoms with E-state index in [0.29, 0.717) is 5.82 Å². The Hall–Kier alpha value is -1.17. The van der Waals surface area contributed by atoms with Gasteiger partial charge < -0.3 is 9.64 Å². The number of ether oxygens (including phenoxy) is 1. The Morgan fingerprint density at radius 3 is 2.67 bits per heavy atom. The van der Waals surface area contributed by atoms with E-state index < -0.39 is 5.92 Å². The molecule has 4 nitrogen and oxygen atoms in total. The molecular weight excluding hydrogens is 228 g/mol. The monoisotopic (exact) mass is 235 g/mol. The lowest BCUT2D eigenvalue weighted by Gasteiger charge is -2.39. The molecule has 82 valence electrons. The number of methoxy groups -OCH3 is 1. The van der Waals surface area contributed by atoms with Crippen LogP contribution in [0.3, 0.4) is 0 Å². The minimum absolute atomic E-state index is 0.0766. The molecule has 2 rings (SSSR count). The van der Waals surface area contributed by atoms with Gasteiger partial charge >= 0.3 is 6.01 Å². The van der Waals surface area contributed by atoms with Crippen LogP contribution >= 0.6 is 11.6 Å². The molecule has 0 bridgehead atoms. The molecule has 7 heteroatoms. The summed E-state index contributed by atoms with van der Waals surface area (Å²) >= 11 is 5.68. The van der Waals surface area contributed by atoms with Gasteiger partial charge in [0.15, 0.2) is 0 Å². The Morgan fingerprint density at radius 1 is 1.47 bits per heavy atom. The normalized spacial score (nSPS) is 18.5. The molecule has 0 spiro atoms. The summed E-state index contributed by atoms with van der Waals surface area (Å²) in [6.45, 7) is -0.688. The molecule has 0 radical (unpaired) electrons. The summed E-state index contributed by atoms with van der Waals surface area (Å²) in [5, 5.41) is 0.173. The number of anilines is 1. The number of aromatic nitrogens is 2. The minimum Gasteiger partial charge on any atom is -0.467 e. The van der Waals surface area contributed by atoms with Gasteiger partial charge in [-0.15, -0.1) is 0 Å². The Labute approximate surface area is 89.8 Å². The molecule has 15 heavy (non-hydrogen) atoms. The molecule has 0 saturated carbocycles. The fourth-order valence-electron chi connectivity index (χ4n) is 1.31. The van der Waals surface area contributed by atoms with Crippen LogP contribution in [0.1, 0.15) is 0 Å². The maximum Gasteiger partial charge on any atom is 0.319 e. The summed E-state index contributed by atoms with van der Waals surface area (Å²) in [5.41, 5.74) is 0. The Balaban J connectivity index is 2.19. The molecular formula is C8H8ClF2N3O. The van der Waals surface area contributed by atoms with Crippen LogP contribution in [-0.2, 0) is 0 Å². The van der Waals surface area contributed by atoms with E-state index >= 15 is 0 Å². The number of rotatable bonds is 2. The van der Waals surface area contributed by atoms with Crippen molar-refractivity contribution in [3.05, 3.63) is 11.2 Å². The first-order valence-electron chi connectivity index (χ1n) is 4.21. The predicted octanol–water partition coefficient (Wildman–Crippen LogP) is 1.59. The molecule has 0 unspecified atom stereocenters. The topological polar surface area (TPSA) is 38.2 Å². The summed E-state index contributed by atoms with van der Waals surface area (Å²) in [5.74, 6) is -2.28. The smallest absolute Gasteiger partial charge is 0.319 e. The first-order valence-corrected chi connectivity index (χ1v) is 4.59. The van der Waals surface area contributed by atoms with Crippen molar-refractivity contribution < 1.29 is 13.5 Å². The van der Waals surface area contributed by atoms with Crippen LogP contribution in [0, 0.1) is 0 Å². The summed E-state index contributed by atoms with van der Waals surface area (Å²) in [4.78, 5) is 9.07. The van der Waals surface area contributed by atoms with Crippen molar-refractivity contribution in [1.82, 2.24) is 9.97 Å². The Kier molecular flexibility index (Phi) is 2.38. The second-order valence-electron chi connectivity index (χ2n) is 3.25. The summed E-state index contributed by atoms with van der Waals surface area (Å²) in [6, 6.07) is 1.51. The molecule has 1 aromatic rings. The van der Waals surface area contributed by atoms with Crippen molar-refractivity contribution in [3.63, 3.8) is 0 Å². The largest absolute Gasteiger partial charge is 0.467 e. The van der Waals surface area contributed by atoms with E-state index in [4.69, 9.17) is 16.3 Å². The average molecular weight is 236 g/mol. The standard InChI is InChI=1S/C8H8ClF2N3O/c1-15-7-12-5(9)2-6(13-7)14-3-8(10,11)4-14/h2H,3-4H2,1H3. The molecule has 1 aliphatic heterocycles. The zero-order chi connectivity index (χ0) is 11.1. The average Bonchev–Trinajstić information content (AvgIpc) is 2.13. The van der Waals surface area contributed by atoms with Crippen molar-refractivity contribution in [3.8, 4) is 6.01 Å². The zero-order valence-corrected chi connectivity index (χ0v) is 8.63. The van der Waals surface area contributed by atoms with Crippen LogP contribution < -0.4 is 9.64 Å². The van der Waals surface area contributed by atoms with E-state index in [1.165, 1.54) is 18.1 Å². The Bertz CT molecular complexity index is 380. The summed E-state index contributed by atoms with van der Waals surface area (Å²) in [7, 11) is 1.39. The number of nitrogens with zero attached hydrogens (tertiary/aromatic N) is 3. The van der Waals surface area contributed by atoms with E-state index in [0.717, 1.165) is 0 Å². The third-order valence-electron chi connectivity index (χ3n) is 2.01. The van der Waals surface area contributed by atoms with Crippen molar-refractivity contribution in [2.75, 3.05) is 25.1 Å². The van der Waals surface area contributed by atoms with E-state index in [1.54, 1.807) is 0 Å². The van der Waals surface area contributed by atoms with Gasteiger partial charge in [0.05, 0.1) is 20.2 Å². The van der Waals surface area contributed by atoms with E-state index in [2.05, 4.69) is 9.97 Å². The predicted molar refractivity (Wildman–Crippen MR) is 50.8 cm³/mol. The lowest BCUT2D eigenvalue weighted by molar-refractivity contribution is -0.0267. The van der Waals surface area contributed by atoms with E-state index in [1.807, 2.05) is 0 Å². The number of halogens is 3. The van der Waals surface area contributed by atoms with Crippen LogP contribution in [-0.4, -0.2) is 36.1 Å². The summed E-state index contributed by atoms with van der Waals surface area (Å²) in [6.07, 6.45) is 0. The van der Waals surface area contributed by atoms with Gasteiger partial charge in [-0.25, -0.2) is 8.78 Å². The van der Waals surface area contributed by atoms with E-state index in [-0.39, 0.29) is 24.3 Å². The molecule has 0 N–H and O–H groups in total. The first kappa shape index (κ1) is 10.4. The molecule has 2 heterocycles. The number of alkyl halides is 2. The SMILES string of the molecule is COc1nc(Cl)cc(N2CC(F)(F)C2)n1. The van der Waals surface area contributed by atoms with Crippen molar-refractivity contribution >= 4 is 17.4 Å². The Morgan fingerprint density at radius 2 is 2.13 bits per heavy atom. The minimum atomic E-state index is -2.63. The van der Waals surface area contributed by atoms with Crippen molar-refractivity contribution in [2.45, 2.75) is 5.92 Å². The van der Waals surface area contributed by atoms with Crippen molar-refractivity contribution in [1.29, 1.82) is 0 Å². The molecule has 1 aliphatic rings. The van der Waals surface area contributed by atoms with Crippen LogP contribution in [0.25, 0.3) is 0 Å². The third-order valence-corrected chi connectivity index (χ3v) is 2.21. The molecule has 0 atom stereocenters. The first-order chi connectivity index (χ1) is 7.00. The van der Waals surface area contributed by atoms with Gasteiger partial charge in [-0.1, -0.05) is 11.6 Å². The lowest BCUT2D eigenvalue weighted by atomic mass is 10.1. The highest BCUT2D eigenvalue weighted by Gasteiger charge is 2.44. The fourth-order valence-corrected chi connectivity index (χ4v) is 1.48. The molecule has 0 aliphatic carbocycles. The second-order valence-corrected chi connectivity index (χ2v) is 3.63. The van der Waals surface area contributed by atoms with Crippen LogP contribution in [0.5, 0.6) is 6.01 Å². The van der Waals surface area contributed by atoms with Gasteiger partial charge in [-0.05, 0) is 0 Å². The van der Waals surface area contributed by atoms with Gasteiger partial charge in [0.25, 0.3) is 5.92 Å². The zero-order valence-electron chi connectivity index (χ0n) is 7.88.